The van der Waals surface area contributed by atoms with Gasteiger partial charge in [-0.1, -0.05) is 60.7 Å². The summed E-state index contributed by atoms with van der Waals surface area (Å²) in [5, 5.41) is 9.41. The number of amides is 2. The van der Waals surface area contributed by atoms with Gasteiger partial charge in [0.1, 0.15) is 0 Å². The number of carbonyl (C=O) groups is 2. The zero-order valence-corrected chi connectivity index (χ0v) is 19.0. The Bertz CT molecular complexity index is 741. The molecule has 5 heteroatoms. The lowest BCUT2D eigenvalue weighted by atomic mass is 9.85. The summed E-state index contributed by atoms with van der Waals surface area (Å²) in [6, 6.07) is 20.8. The summed E-state index contributed by atoms with van der Waals surface area (Å²) >= 11 is 0. The molecule has 0 unspecified atom stereocenters. The summed E-state index contributed by atoms with van der Waals surface area (Å²) < 4.78 is 0. The van der Waals surface area contributed by atoms with Crippen LogP contribution in [0.25, 0.3) is 0 Å². The van der Waals surface area contributed by atoms with Gasteiger partial charge in [0, 0.05) is 19.6 Å². The lowest BCUT2D eigenvalue weighted by Gasteiger charge is -2.30. The standard InChI is InChI=1S/C27H37N3O2/c31-26(29-18-9-7-15-22-11-3-1-4-12-22)24-17-20-28-21-25(24)27(32)30-19-10-8-16-23-13-5-2-6-14-23/h1-6,11-14,24-25,28H,7-10,15-21H2,(H,29,31)(H,30,32)/t24-,25+/m1/s1. The number of benzene rings is 2. The SMILES string of the molecule is O=C(NCCCCc1ccccc1)[C@H]1CNCC[C@H]1C(=O)NCCCCc1ccccc1. The van der Waals surface area contributed by atoms with E-state index in [9.17, 15) is 9.59 Å². The number of hydrogen-bond acceptors (Lipinski definition) is 3. The summed E-state index contributed by atoms with van der Waals surface area (Å²) in [5.41, 5.74) is 2.66. The van der Waals surface area contributed by atoms with Crippen LogP contribution in [0.5, 0.6) is 0 Å². The van der Waals surface area contributed by atoms with Gasteiger partial charge in [-0.2, -0.15) is 0 Å². The summed E-state index contributed by atoms with van der Waals surface area (Å²) in [4.78, 5) is 25.5. The molecule has 1 aliphatic rings. The highest BCUT2D eigenvalue weighted by Crippen LogP contribution is 2.20. The third-order valence-corrected chi connectivity index (χ3v) is 6.22. The van der Waals surface area contributed by atoms with Crippen LogP contribution in [-0.4, -0.2) is 38.0 Å². The normalized spacial score (nSPS) is 18.1. The van der Waals surface area contributed by atoms with Crippen molar-refractivity contribution in [2.24, 2.45) is 11.8 Å². The lowest BCUT2D eigenvalue weighted by Crippen LogP contribution is -2.50. The fraction of sp³-hybridized carbons (Fsp3) is 0.481. The smallest absolute Gasteiger partial charge is 0.225 e. The number of nitrogens with one attached hydrogen (secondary N) is 3. The van der Waals surface area contributed by atoms with Crippen LogP contribution >= 0.6 is 0 Å². The van der Waals surface area contributed by atoms with E-state index in [0.29, 0.717) is 26.1 Å². The summed E-state index contributed by atoms with van der Waals surface area (Å²) in [5.74, 6) is -0.506. The molecule has 2 atom stereocenters. The predicted octanol–water partition coefficient (Wildman–Crippen LogP) is 3.49. The van der Waals surface area contributed by atoms with Crippen molar-refractivity contribution < 1.29 is 9.59 Å². The molecule has 2 amide bonds. The first-order chi connectivity index (χ1) is 15.7. The Hall–Kier alpha value is -2.66. The van der Waals surface area contributed by atoms with E-state index in [1.165, 1.54) is 11.1 Å². The van der Waals surface area contributed by atoms with Crippen LogP contribution in [0, 0.1) is 11.8 Å². The molecule has 0 aliphatic carbocycles. The molecule has 3 N–H and O–H groups in total. The number of rotatable bonds is 12. The first kappa shape index (κ1) is 24.0. The molecular weight excluding hydrogens is 398 g/mol. The summed E-state index contributed by atoms with van der Waals surface area (Å²) in [6.07, 6.45) is 6.74. The molecule has 2 aromatic rings. The topological polar surface area (TPSA) is 70.2 Å². The summed E-state index contributed by atoms with van der Waals surface area (Å²) in [6.45, 7) is 2.69. The molecule has 1 aliphatic heterocycles. The van der Waals surface area contributed by atoms with Crippen molar-refractivity contribution in [1.29, 1.82) is 0 Å². The number of hydrogen-bond donors (Lipinski definition) is 3. The van der Waals surface area contributed by atoms with E-state index in [4.69, 9.17) is 0 Å². The Kier molecular flexibility index (Phi) is 10.3. The van der Waals surface area contributed by atoms with Gasteiger partial charge in [-0.25, -0.2) is 0 Å². The molecule has 32 heavy (non-hydrogen) atoms. The second kappa shape index (κ2) is 13.7. The van der Waals surface area contributed by atoms with E-state index in [0.717, 1.165) is 45.1 Å². The zero-order valence-electron chi connectivity index (χ0n) is 19.0. The van der Waals surface area contributed by atoms with Crippen molar-refractivity contribution in [1.82, 2.24) is 16.0 Å². The maximum Gasteiger partial charge on any atom is 0.225 e. The van der Waals surface area contributed by atoms with Crippen LogP contribution in [0.15, 0.2) is 60.7 Å². The fourth-order valence-electron chi connectivity index (χ4n) is 4.33. The van der Waals surface area contributed by atoms with Gasteiger partial charge in [-0.3, -0.25) is 9.59 Å². The fourth-order valence-corrected chi connectivity index (χ4v) is 4.33. The molecule has 0 aromatic heterocycles. The van der Waals surface area contributed by atoms with Crippen molar-refractivity contribution in [2.75, 3.05) is 26.2 Å². The van der Waals surface area contributed by atoms with Crippen LogP contribution in [0.1, 0.15) is 43.2 Å². The number of carbonyl (C=O) groups excluding carboxylic acids is 2. The molecular formula is C27H37N3O2. The van der Waals surface area contributed by atoms with Crippen molar-refractivity contribution in [3.05, 3.63) is 71.8 Å². The van der Waals surface area contributed by atoms with Crippen LogP contribution in [0.3, 0.4) is 0 Å². The molecule has 5 nitrogen and oxygen atoms in total. The monoisotopic (exact) mass is 435 g/mol. The number of aryl methyl sites for hydroxylation is 2. The highest BCUT2D eigenvalue weighted by molar-refractivity contribution is 5.88. The Morgan fingerprint density at radius 2 is 1.22 bits per heavy atom. The van der Waals surface area contributed by atoms with Crippen molar-refractivity contribution >= 4 is 11.8 Å². The third kappa shape index (κ3) is 8.12. The second-order valence-corrected chi connectivity index (χ2v) is 8.67. The van der Waals surface area contributed by atoms with E-state index >= 15 is 0 Å². The quantitative estimate of drug-likeness (QED) is 0.447. The highest BCUT2D eigenvalue weighted by Gasteiger charge is 2.35. The highest BCUT2D eigenvalue weighted by atomic mass is 16.2. The van der Waals surface area contributed by atoms with E-state index in [1.807, 2.05) is 12.1 Å². The minimum atomic E-state index is -0.290. The largest absolute Gasteiger partial charge is 0.356 e. The minimum Gasteiger partial charge on any atom is -0.356 e. The number of piperidine rings is 1. The zero-order chi connectivity index (χ0) is 22.4. The lowest BCUT2D eigenvalue weighted by molar-refractivity contribution is -0.135. The minimum absolute atomic E-state index is 0.00105. The maximum atomic E-state index is 12.8. The van der Waals surface area contributed by atoms with Crippen LogP contribution in [-0.2, 0) is 22.4 Å². The van der Waals surface area contributed by atoms with Gasteiger partial charge < -0.3 is 16.0 Å². The van der Waals surface area contributed by atoms with Crippen LogP contribution in [0.4, 0.5) is 0 Å². The molecule has 0 radical (unpaired) electrons. The van der Waals surface area contributed by atoms with Gasteiger partial charge >= 0.3 is 0 Å². The number of unbranched alkanes of at least 4 members (excludes halogenated alkanes) is 2. The van der Waals surface area contributed by atoms with Crippen molar-refractivity contribution in [2.45, 2.75) is 44.9 Å². The molecule has 1 saturated heterocycles. The molecule has 0 bridgehead atoms. The Labute approximate surface area is 192 Å². The average Bonchev–Trinajstić information content (AvgIpc) is 2.84. The van der Waals surface area contributed by atoms with Gasteiger partial charge in [0.25, 0.3) is 0 Å². The van der Waals surface area contributed by atoms with Gasteiger partial charge in [0.05, 0.1) is 11.8 Å². The van der Waals surface area contributed by atoms with Crippen LogP contribution < -0.4 is 16.0 Å². The van der Waals surface area contributed by atoms with E-state index in [2.05, 4.69) is 64.5 Å². The van der Waals surface area contributed by atoms with Crippen molar-refractivity contribution in [3.8, 4) is 0 Å². The Balaban J connectivity index is 1.33. The maximum absolute atomic E-state index is 12.8. The Morgan fingerprint density at radius 3 is 1.75 bits per heavy atom. The molecule has 3 rings (SSSR count). The van der Waals surface area contributed by atoms with Gasteiger partial charge in [-0.05, 0) is 62.6 Å². The van der Waals surface area contributed by atoms with Gasteiger partial charge in [-0.15, -0.1) is 0 Å². The van der Waals surface area contributed by atoms with Gasteiger partial charge in [0.2, 0.25) is 11.8 Å². The van der Waals surface area contributed by atoms with Crippen LogP contribution in [0.2, 0.25) is 0 Å². The molecule has 1 fully saturated rings. The molecule has 0 spiro atoms. The molecule has 172 valence electrons. The molecule has 1 heterocycles. The Morgan fingerprint density at radius 1 is 0.719 bits per heavy atom. The predicted molar refractivity (Wildman–Crippen MR) is 129 cm³/mol. The van der Waals surface area contributed by atoms with E-state index < -0.39 is 0 Å². The van der Waals surface area contributed by atoms with Crippen molar-refractivity contribution in [3.63, 3.8) is 0 Å². The third-order valence-electron chi connectivity index (χ3n) is 6.22. The van der Waals surface area contributed by atoms with E-state index in [-0.39, 0.29) is 23.7 Å². The van der Waals surface area contributed by atoms with E-state index in [1.54, 1.807) is 0 Å². The first-order valence-corrected chi connectivity index (χ1v) is 12.1. The van der Waals surface area contributed by atoms with Gasteiger partial charge in [0.15, 0.2) is 0 Å². The summed E-state index contributed by atoms with van der Waals surface area (Å²) in [7, 11) is 0. The average molecular weight is 436 g/mol. The molecule has 2 aromatic carbocycles. The first-order valence-electron chi connectivity index (χ1n) is 12.1. The molecule has 0 saturated carbocycles. The second-order valence-electron chi connectivity index (χ2n) is 8.67.